The number of non-ortho nitro benzene ring substituents is 1. The maximum atomic E-state index is 10.4. The third-order valence-corrected chi connectivity index (χ3v) is 2.31. The molecule has 0 aromatic heterocycles. The Balaban J connectivity index is 2.88. The van der Waals surface area contributed by atoms with Gasteiger partial charge in [-0.2, -0.15) is 0 Å². The summed E-state index contributed by atoms with van der Waals surface area (Å²) in [6, 6.07) is 4.37. The van der Waals surface area contributed by atoms with Gasteiger partial charge in [-0.1, -0.05) is 23.8 Å². The number of nitrogens with zero attached hydrogens (tertiary/aromatic N) is 1. The van der Waals surface area contributed by atoms with E-state index in [0.717, 1.165) is 12.0 Å². The number of hydrogen-bond acceptors (Lipinski definition) is 2. The fourth-order valence-corrected chi connectivity index (χ4v) is 1.40. The van der Waals surface area contributed by atoms with Crippen LogP contribution in [0.15, 0.2) is 24.3 Å². The monoisotopic (exact) mass is 245 g/mol. The van der Waals surface area contributed by atoms with Crippen molar-refractivity contribution in [3.63, 3.8) is 0 Å². The van der Waals surface area contributed by atoms with Gasteiger partial charge in [0.15, 0.2) is 0 Å². The molecule has 15 heavy (non-hydrogen) atoms. The van der Waals surface area contributed by atoms with Crippen LogP contribution in [0.25, 0.3) is 6.08 Å². The van der Waals surface area contributed by atoms with Gasteiger partial charge in [0.2, 0.25) is 0 Å². The maximum Gasteiger partial charge on any atom is 0.270 e. The van der Waals surface area contributed by atoms with E-state index in [1.807, 2.05) is 6.08 Å². The Morgan fingerprint density at radius 2 is 2.20 bits per heavy atom. The van der Waals surface area contributed by atoms with Crippen molar-refractivity contribution >= 4 is 35.0 Å². The van der Waals surface area contributed by atoms with Crippen molar-refractivity contribution in [2.75, 3.05) is 5.88 Å². The highest BCUT2D eigenvalue weighted by molar-refractivity contribution is 6.32. The highest BCUT2D eigenvalue weighted by Crippen LogP contribution is 2.23. The second-order valence-electron chi connectivity index (χ2n) is 2.84. The number of allylic oxidation sites excluding steroid dienone is 1. The van der Waals surface area contributed by atoms with Crippen molar-refractivity contribution in [2.24, 2.45) is 0 Å². The van der Waals surface area contributed by atoms with Gasteiger partial charge in [-0.25, -0.2) is 0 Å². The lowest BCUT2D eigenvalue weighted by Crippen LogP contribution is -1.88. The number of nitro groups is 1. The largest absolute Gasteiger partial charge is 0.270 e. The minimum Gasteiger partial charge on any atom is -0.258 e. The third kappa shape index (κ3) is 3.53. The minimum absolute atomic E-state index is 0.00510. The van der Waals surface area contributed by atoms with Gasteiger partial charge >= 0.3 is 0 Å². The summed E-state index contributed by atoms with van der Waals surface area (Å²) in [5.41, 5.74) is 0.752. The van der Waals surface area contributed by atoms with Crippen LogP contribution in [0.3, 0.4) is 0 Å². The van der Waals surface area contributed by atoms with E-state index in [-0.39, 0.29) is 5.69 Å². The number of nitro benzene ring substituents is 1. The Hall–Kier alpha value is -1.06. The van der Waals surface area contributed by atoms with E-state index in [1.165, 1.54) is 12.1 Å². The van der Waals surface area contributed by atoms with Crippen LogP contribution in [0.2, 0.25) is 5.02 Å². The van der Waals surface area contributed by atoms with Gasteiger partial charge in [-0.05, 0) is 18.1 Å². The zero-order valence-electron chi connectivity index (χ0n) is 7.82. The average Bonchev–Trinajstić information content (AvgIpc) is 2.20. The van der Waals surface area contributed by atoms with Gasteiger partial charge in [0.05, 0.1) is 9.95 Å². The van der Waals surface area contributed by atoms with E-state index in [4.69, 9.17) is 23.2 Å². The summed E-state index contributed by atoms with van der Waals surface area (Å²) in [4.78, 5) is 9.96. The van der Waals surface area contributed by atoms with Crippen LogP contribution >= 0.6 is 23.2 Å². The molecule has 5 heteroatoms. The van der Waals surface area contributed by atoms with E-state index in [0.29, 0.717) is 10.9 Å². The Morgan fingerprint density at radius 3 is 2.73 bits per heavy atom. The number of alkyl halides is 1. The van der Waals surface area contributed by atoms with Crippen LogP contribution in [0.1, 0.15) is 12.0 Å². The molecule has 0 spiro atoms. The highest BCUT2D eigenvalue weighted by atomic mass is 35.5. The Kier molecular flexibility index (Phi) is 4.59. The van der Waals surface area contributed by atoms with Gasteiger partial charge in [0.1, 0.15) is 0 Å². The first-order chi connectivity index (χ1) is 7.15. The molecule has 80 valence electrons. The summed E-state index contributed by atoms with van der Waals surface area (Å²) in [6.07, 6.45) is 4.42. The summed E-state index contributed by atoms with van der Waals surface area (Å²) in [7, 11) is 0. The van der Waals surface area contributed by atoms with E-state index in [2.05, 4.69) is 0 Å². The first-order valence-corrected chi connectivity index (χ1v) is 5.23. The molecule has 0 fully saturated rings. The fourth-order valence-electron chi connectivity index (χ4n) is 1.04. The van der Waals surface area contributed by atoms with Crippen LogP contribution < -0.4 is 0 Å². The predicted molar refractivity (Wildman–Crippen MR) is 62.5 cm³/mol. The van der Waals surface area contributed by atoms with E-state index in [9.17, 15) is 10.1 Å². The molecule has 3 nitrogen and oxygen atoms in total. The smallest absolute Gasteiger partial charge is 0.258 e. The molecule has 0 saturated carbocycles. The zero-order chi connectivity index (χ0) is 11.3. The van der Waals surface area contributed by atoms with E-state index < -0.39 is 4.92 Å². The number of rotatable bonds is 4. The van der Waals surface area contributed by atoms with E-state index >= 15 is 0 Å². The second-order valence-corrected chi connectivity index (χ2v) is 3.63. The summed E-state index contributed by atoms with van der Waals surface area (Å²) in [6.45, 7) is 0. The minimum atomic E-state index is -0.474. The molecule has 1 rings (SSSR count). The quantitative estimate of drug-likeness (QED) is 0.459. The summed E-state index contributed by atoms with van der Waals surface area (Å²) < 4.78 is 0. The molecule has 0 unspecified atom stereocenters. The molecule has 0 amide bonds. The maximum absolute atomic E-state index is 10.4. The van der Waals surface area contributed by atoms with Crippen LogP contribution in [0.5, 0.6) is 0 Å². The Morgan fingerprint density at radius 1 is 1.47 bits per heavy atom. The first kappa shape index (κ1) is 12.0. The summed E-state index contributed by atoms with van der Waals surface area (Å²) >= 11 is 11.4. The van der Waals surface area contributed by atoms with E-state index in [1.54, 1.807) is 12.1 Å². The van der Waals surface area contributed by atoms with Gasteiger partial charge in [0.25, 0.3) is 5.69 Å². The average molecular weight is 246 g/mol. The Labute approximate surface area is 97.5 Å². The number of halogens is 2. The lowest BCUT2D eigenvalue weighted by Gasteiger charge is -1.97. The second kappa shape index (κ2) is 5.73. The lowest BCUT2D eigenvalue weighted by atomic mass is 10.2. The molecule has 0 N–H and O–H groups in total. The molecule has 0 saturated heterocycles. The molecule has 0 aliphatic carbocycles. The van der Waals surface area contributed by atoms with Gasteiger partial charge < -0.3 is 0 Å². The molecule has 0 heterocycles. The van der Waals surface area contributed by atoms with Gasteiger partial charge in [0, 0.05) is 18.0 Å². The molecular weight excluding hydrogens is 237 g/mol. The van der Waals surface area contributed by atoms with Crippen LogP contribution in [0, 0.1) is 10.1 Å². The Bertz CT molecular complexity index is 391. The van der Waals surface area contributed by atoms with Crippen molar-refractivity contribution in [3.05, 3.63) is 45.0 Å². The lowest BCUT2D eigenvalue weighted by molar-refractivity contribution is -0.384. The predicted octanol–water partition coefficient (Wildman–Crippen LogP) is 3.89. The van der Waals surface area contributed by atoms with Crippen molar-refractivity contribution in [1.82, 2.24) is 0 Å². The first-order valence-electron chi connectivity index (χ1n) is 4.31. The number of benzene rings is 1. The SMILES string of the molecule is O=[N+]([O-])c1ccc(C=CCCCl)c(Cl)c1. The van der Waals surface area contributed by atoms with Crippen molar-refractivity contribution in [2.45, 2.75) is 6.42 Å². The molecule has 0 aliphatic heterocycles. The molecule has 1 aromatic rings. The van der Waals surface area contributed by atoms with Crippen molar-refractivity contribution in [1.29, 1.82) is 0 Å². The summed E-state index contributed by atoms with van der Waals surface area (Å²) in [5, 5.41) is 10.8. The topological polar surface area (TPSA) is 43.1 Å². The van der Waals surface area contributed by atoms with Crippen LogP contribution in [-0.4, -0.2) is 10.8 Å². The molecular formula is C10H9Cl2NO2. The van der Waals surface area contributed by atoms with Crippen LogP contribution in [0.4, 0.5) is 5.69 Å². The highest BCUT2D eigenvalue weighted by Gasteiger charge is 2.07. The van der Waals surface area contributed by atoms with Gasteiger partial charge in [-0.15, -0.1) is 11.6 Å². The standard InChI is InChI=1S/C10H9Cl2NO2/c11-6-2-1-3-8-4-5-9(13(14)15)7-10(8)12/h1,3-5,7H,2,6H2. The normalized spacial score (nSPS) is 10.8. The summed E-state index contributed by atoms with van der Waals surface area (Å²) in [5.74, 6) is 0.543. The molecule has 0 radical (unpaired) electrons. The molecule has 0 bridgehead atoms. The van der Waals surface area contributed by atoms with Crippen molar-refractivity contribution in [3.8, 4) is 0 Å². The molecule has 0 atom stereocenters. The zero-order valence-corrected chi connectivity index (χ0v) is 9.33. The molecule has 1 aromatic carbocycles. The fraction of sp³-hybridized carbons (Fsp3) is 0.200. The third-order valence-electron chi connectivity index (χ3n) is 1.77. The van der Waals surface area contributed by atoms with Gasteiger partial charge in [-0.3, -0.25) is 10.1 Å². The van der Waals surface area contributed by atoms with Crippen LogP contribution in [-0.2, 0) is 0 Å². The van der Waals surface area contributed by atoms with Crippen molar-refractivity contribution < 1.29 is 4.92 Å². The molecule has 0 aliphatic rings. The number of hydrogen-bond donors (Lipinski definition) is 0.